The lowest BCUT2D eigenvalue weighted by Crippen LogP contribution is -1.88. The fraction of sp³-hybridized carbons (Fsp3) is 0.0714. The summed E-state index contributed by atoms with van der Waals surface area (Å²) in [6.45, 7) is 1.94. The molecule has 4 aromatic heterocycles. The zero-order valence-corrected chi connectivity index (χ0v) is 11.5. The Balaban J connectivity index is 1.90. The third-order valence-corrected chi connectivity index (χ3v) is 3.94. The zero-order chi connectivity index (χ0) is 13.5. The summed E-state index contributed by atoms with van der Waals surface area (Å²) >= 11 is 1.59. The first-order valence-electron chi connectivity index (χ1n) is 6.14. The van der Waals surface area contributed by atoms with Crippen LogP contribution in [0.2, 0.25) is 0 Å². The summed E-state index contributed by atoms with van der Waals surface area (Å²) in [4.78, 5) is 9.97. The number of aryl methyl sites for hydroxylation is 1. The molecule has 0 N–H and O–H groups in total. The second-order valence-electron chi connectivity index (χ2n) is 4.38. The van der Waals surface area contributed by atoms with Gasteiger partial charge in [0.05, 0.1) is 10.6 Å². The van der Waals surface area contributed by atoms with E-state index in [1.54, 1.807) is 11.3 Å². The summed E-state index contributed by atoms with van der Waals surface area (Å²) in [5.41, 5.74) is 2.59. The number of rotatable bonds is 2. The number of nitrogens with zero attached hydrogens (tertiary/aromatic N) is 4. The minimum Gasteiger partial charge on any atom is -0.332 e. The molecular weight excluding hydrogens is 272 g/mol. The molecule has 0 aliphatic carbocycles. The molecule has 0 bridgehead atoms. The van der Waals surface area contributed by atoms with Crippen molar-refractivity contribution in [3.8, 4) is 22.3 Å². The van der Waals surface area contributed by atoms with Crippen LogP contribution in [0.15, 0.2) is 46.4 Å². The molecule has 0 aliphatic rings. The van der Waals surface area contributed by atoms with Gasteiger partial charge in [-0.25, -0.2) is 4.98 Å². The van der Waals surface area contributed by atoms with E-state index in [4.69, 9.17) is 4.52 Å². The summed E-state index contributed by atoms with van der Waals surface area (Å²) in [7, 11) is 0. The Bertz CT molecular complexity index is 876. The molecule has 0 aliphatic heterocycles. The lowest BCUT2D eigenvalue weighted by atomic mass is 10.3. The molecular formula is C14H10N4OS. The number of thiophene rings is 1. The standard InChI is InChI=1S/C14H10N4OS/c1-9-12(18-7-3-2-6-11(18)15-9)14-16-13(17-19-14)10-5-4-8-20-10/h2-8H,1H3. The van der Waals surface area contributed by atoms with Gasteiger partial charge < -0.3 is 4.52 Å². The summed E-state index contributed by atoms with van der Waals surface area (Å²) in [5, 5.41) is 6.04. The van der Waals surface area contributed by atoms with Crippen LogP contribution in [0.3, 0.4) is 0 Å². The number of imidazole rings is 1. The van der Waals surface area contributed by atoms with Crippen LogP contribution in [0.5, 0.6) is 0 Å². The van der Waals surface area contributed by atoms with Crippen molar-refractivity contribution in [2.24, 2.45) is 0 Å². The van der Waals surface area contributed by atoms with Gasteiger partial charge in [-0.2, -0.15) is 4.98 Å². The van der Waals surface area contributed by atoms with E-state index in [-0.39, 0.29) is 0 Å². The highest BCUT2D eigenvalue weighted by atomic mass is 32.1. The molecule has 6 heteroatoms. The van der Waals surface area contributed by atoms with E-state index in [2.05, 4.69) is 15.1 Å². The Hall–Kier alpha value is -2.47. The van der Waals surface area contributed by atoms with Gasteiger partial charge >= 0.3 is 0 Å². The maximum Gasteiger partial charge on any atom is 0.277 e. The van der Waals surface area contributed by atoms with Crippen LogP contribution in [-0.2, 0) is 0 Å². The van der Waals surface area contributed by atoms with Crippen molar-refractivity contribution in [3.63, 3.8) is 0 Å². The highest BCUT2D eigenvalue weighted by Crippen LogP contribution is 2.27. The average molecular weight is 282 g/mol. The summed E-state index contributed by atoms with van der Waals surface area (Å²) in [6.07, 6.45) is 1.94. The van der Waals surface area contributed by atoms with E-state index in [9.17, 15) is 0 Å². The SMILES string of the molecule is Cc1nc2ccccn2c1-c1nc(-c2cccs2)no1. The van der Waals surface area contributed by atoms with Crippen molar-refractivity contribution < 1.29 is 4.52 Å². The van der Waals surface area contributed by atoms with Crippen molar-refractivity contribution in [2.45, 2.75) is 6.92 Å². The van der Waals surface area contributed by atoms with Gasteiger partial charge in [0, 0.05) is 6.20 Å². The highest BCUT2D eigenvalue weighted by Gasteiger charge is 2.18. The molecule has 5 nitrogen and oxygen atoms in total. The molecule has 98 valence electrons. The summed E-state index contributed by atoms with van der Waals surface area (Å²) < 4.78 is 7.37. The lowest BCUT2D eigenvalue weighted by Gasteiger charge is -1.96. The number of fused-ring (bicyclic) bond motifs is 1. The van der Waals surface area contributed by atoms with Crippen molar-refractivity contribution in [1.82, 2.24) is 19.5 Å². The minimum absolute atomic E-state index is 0.490. The Kier molecular flexibility index (Phi) is 2.43. The second kappa shape index (κ2) is 4.28. The minimum atomic E-state index is 0.490. The maximum atomic E-state index is 5.41. The Morgan fingerprint density at radius 1 is 1.15 bits per heavy atom. The smallest absolute Gasteiger partial charge is 0.277 e. The monoisotopic (exact) mass is 282 g/mol. The van der Waals surface area contributed by atoms with E-state index in [0.29, 0.717) is 11.7 Å². The van der Waals surface area contributed by atoms with Gasteiger partial charge in [0.25, 0.3) is 5.89 Å². The molecule has 4 rings (SSSR count). The van der Waals surface area contributed by atoms with E-state index < -0.39 is 0 Å². The van der Waals surface area contributed by atoms with Gasteiger partial charge in [-0.15, -0.1) is 11.3 Å². The van der Waals surface area contributed by atoms with Gasteiger partial charge in [-0.1, -0.05) is 17.3 Å². The third kappa shape index (κ3) is 1.65. The van der Waals surface area contributed by atoms with Crippen LogP contribution < -0.4 is 0 Å². The predicted molar refractivity (Wildman–Crippen MR) is 76.5 cm³/mol. The number of hydrogen-bond acceptors (Lipinski definition) is 5. The van der Waals surface area contributed by atoms with E-state index in [1.807, 2.05) is 53.2 Å². The molecule has 0 amide bonds. The van der Waals surface area contributed by atoms with E-state index in [1.165, 1.54) is 0 Å². The molecule has 0 aromatic carbocycles. The molecule has 0 atom stereocenters. The van der Waals surface area contributed by atoms with Crippen LogP contribution >= 0.6 is 11.3 Å². The van der Waals surface area contributed by atoms with Crippen molar-refractivity contribution >= 4 is 17.0 Å². The molecule has 0 saturated heterocycles. The first kappa shape index (κ1) is 11.4. The molecule has 0 radical (unpaired) electrons. The maximum absolute atomic E-state index is 5.41. The third-order valence-electron chi connectivity index (χ3n) is 3.07. The molecule has 4 heterocycles. The van der Waals surface area contributed by atoms with Gasteiger partial charge in [-0.3, -0.25) is 4.40 Å². The molecule has 0 unspecified atom stereocenters. The molecule has 0 fully saturated rings. The van der Waals surface area contributed by atoms with Crippen molar-refractivity contribution in [1.29, 1.82) is 0 Å². The summed E-state index contributed by atoms with van der Waals surface area (Å²) in [6, 6.07) is 9.80. The topological polar surface area (TPSA) is 56.2 Å². The van der Waals surface area contributed by atoms with Crippen LogP contribution in [0.1, 0.15) is 5.69 Å². The van der Waals surface area contributed by atoms with Crippen LogP contribution in [0, 0.1) is 6.92 Å². The normalized spacial score (nSPS) is 11.2. The average Bonchev–Trinajstić information content (AvgIpc) is 3.16. The number of aromatic nitrogens is 4. The van der Waals surface area contributed by atoms with Gasteiger partial charge in [-0.05, 0) is 30.5 Å². The van der Waals surface area contributed by atoms with Gasteiger partial charge in [0.1, 0.15) is 11.3 Å². The predicted octanol–water partition coefficient (Wildman–Crippen LogP) is 3.42. The summed E-state index contributed by atoms with van der Waals surface area (Å²) in [5.74, 6) is 1.10. The van der Waals surface area contributed by atoms with Crippen LogP contribution in [0.25, 0.3) is 27.9 Å². The zero-order valence-electron chi connectivity index (χ0n) is 10.6. The number of pyridine rings is 1. The fourth-order valence-corrected chi connectivity index (χ4v) is 2.85. The largest absolute Gasteiger partial charge is 0.332 e. The fourth-order valence-electron chi connectivity index (χ4n) is 2.20. The van der Waals surface area contributed by atoms with Gasteiger partial charge in [0.2, 0.25) is 5.82 Å². The Morgan fingerprint density at radius 3 is 2.95 bits per heavy atom. The highest BCUT2D eigenvalue weighted by molar-refractivity contribution is 7.13. The number of hydrogen-bond donors (Lipinski definition) is 0. The second-order valence-corrected chi connectivity index (χ2v) is 5.32. The molecule has 0 spiro atoms. The van der Waals surface area contributed by atoms with Crippen LogP contribution in [-0.4, -0.2) is 19.5 Å². The first-order valence-corrected chi connectivity index (χ1v) is 7.02. The van der Waals surface area contributed by atoms with Gasteiger partial charge in [0.15, 0.2) is 0 Å². The van der Waals surface area contributed by atoms with E-state index in [0.717, 1.165) is 21.9 Å². The van der Waals surface area contributed by atoms with E-state index >= 15 is 0 Å². The lowest BCUT2D eigenvalue weighted by molar-refractivity contribution is 0.430. The molecule has 20 heavy (non-hydrogen) atoms. The van der Waals surface area contributed by atoms with Crippen molar-refractivity contribution in [2.75, 3.05) is 0 Å². The first-order chi connectivity index (χ1) is 9.83. The Labute approximate surface area is 118 Å². The molecule has 0 saturated carbocycles. The van der Waals surface area contributed by atoms with Crippen LogP contribution in [0.4, 0.5) is 0 Å². The molecule has 4 aromatic rings. The van der Waals surface area contributed by atoms with Crippen molar-refractivity contribution in [3.05, 3.63) is 47.6 Å². The quantitative estimate of drug-likeness (QED) is 0.565. The Morgan fingerprint density at radius 2 is 2.10 bits per heavy atom.